The van der Waals surface area contributed by atoms with Gasteiger partial charge in [0.1, 0.15) is 0 Å². The number of aryl methyl sites for hydroxylation is 1. The van der Waals surface area contributed by atoms with Crippen LogP contribution in [0, 0.1) is 12.8 Å². The molecule has 0 atom stereocenters. The van der Waals surface area contributed by atoms with Gasteiger partial charge in [-0.05, 0) is 37.1 Å². The molecule has 0 bridgehead atoms. The van der Waals surface area contributed by atoms with Gasteiger partial charge in [-0.3, -0.25) is 4.79 Å². The fourth-order valence-electron chi connectivity index (χ4n) is 3.01. The molecule has 1 N–H and O–H groups in total. The van der Waals surface area contributed by atoms with Gasteiger partial charge < -0.3 is 15.1 Å². The van der Waals surface area contributed by atoms with Crippen LogP contribution in [0.3, 0.4) is 0 Å². The summed E-state index contributed by atoms with van der Waals surface area (Å²) in [5.74, 6) is 2.24. The molecular formula is C20H27N5O. The Morgan fingerprint density at radius 1 is 1.04 bits per heavy atom. The van der Waals surface area contributed by atoms with Crippen molar-refractivity contribution >= 4 is 23.2 Å². The second kappa shape index (κ2) is 8.17. The molecule has 6 heteroatoms. The van der Waals surface area contributed by atoms with Crippen LogP contribution < -0.4 is 10.2 Å². The minimum Gasteiger partial charge on any atom is -0.352 e. The van der Waals surface area contributed by atoms with Crippen LogP contribution in [-0.2, 0) is 4.79 Å². The highest BCUT2D eigenvalue weighted by molar-refractivity contribution is 5.76. The van der Waals surface area contributed by atoms with Crippen LogP contribution in [0.15, 0.2) is 36.4 Å². The monoisotopic (exact) mass is 353 g/mol. The van der Waals surface area contributed by atoms with E-state index in [1.54, 1.807) is 0 Å². The summed E-state index contributed by atoms with van der Waals surface area (Å²) >= 11 is 0. The first-order chi connectivity index (χ1) is 12.5. The average Bonchev–Trinajstić information content (AvgIpc) is 2.64. The zero-order valence-electron chi connectivity index (χ0n) is 15.8. The Kier molecular flexibility index (Phi) is 5.71. The molecule has 1 fully saturated rings. The molecule has 1 aliphatic heterocycles. The van der Waals surface area contributed by atoms with E-state index in [1.807, 2.05) is 29.2 Å². The third-order valence-electron chi connectivity index (χ3n) is 4.51. The predicted octanol–water partition coefficient (Wildman–Crippen LogP) is 3.22. The molecule has 1 aliphatic rings. The van der Waals surface area contributed by atoms with Crippen molar-refractivity contribution in [3.63, 3.8) is 0 Å². The van der Waals surface area contributed by atoms with Gasteiger partial charge in [0.15, 0.2) is 11.6 Å². The Balaban J connectivity index is 1.54. The van der Waals surface area contributed by atoms with E-state index in [4.69, 9.17) is 0 Å². The van der Waals surface area contributed by atoms with Crippen molar-refractivity contribution < 1.29 is 4.79 Å². The lowest BCUT2D eigenvalue weighted by Crippen LogP contribution is -2.49. The number of anilines is 3. The van der Waals surface area contributed by atoms with E-state index in [9.17, 15) is 4.79 Å². The maximum Gasteiger partial charge on any atom is 0.222 e. The highest BCUT2D eigenvalue weighted by atomic mass is 16.2. The van der Waals surface area contributed by atoms with Gasteiger partial charge in [-0.1, -0.05) is 31.5 Å². The van der Waals surface area contributed by atoms with E-state index < -0.39 is 0 Å². The topological polar surface area (TPSA) is 61.4 Å². The quantitative estimate of drug-likeness (QED) is 0.894. The summed E-state index contributed by atoms with van der Waals surface area (Å²) in [5, 5.41) is 11.9. The molecule has 0 aliphatic carbocycles. The van der Waals surface area contributed by atoms with E-state index >= 15 is 0 Å². The first-order valence-corrected chi connectivity index (χ1v) is 9.21. The number of benzene rings is 1. The van der Waals surface area contributed by atoms with Crippen LogP contribution in [0.4, 0.5) is 17.3 Å². The molecule has 1 saturated heterocycles. The van der Waals surface area contributed by atoms with E-state index in [-0.39, 0.29) is 5.91 Å². The molecule has 6 nitrogen and oxygen atoms in total. The normalized spacial score (nSPS) is 14.6. The number of nitrogens with one attached hydrogen (secondary N) is 1. The third-order valence-corrected chi connectivity index (χ3v) is 4.51. The van der Waals surface area contributed by atoms with Crippen LogP contribution in [0.2, 0.25) is 0 Å². The molecule has 2 heterocycles. The molecule has 2 aromatic rings. The summed E-state index contributed by atoms with van der Waals surface area (Å²) in [5.41, 5.74) is 2.22. The molecule has 0 radical (unpaired) electrons. The molecule has 3 rings (SSSR count). The number of carbonyl (C=O) groups is 1. The Hall–Kier alpha value is -2.63. The first-order valence-electron chi connectivity index (χ1n) is 9.21. The van der Waals surface area contributed by atoms with Crippen molar-refractivity contribution in [2.24, 2.45) is 5.92 Å². The zero-order chi connectivity index (χ0) is 18.5. The lowest BCUT2D eigenvalue weighted by molar-refractivity contribution is -0.132. The van der Waals surface area contributed by atoms with Gasteiger partial charge >= 0.3 is 0 Å². The van der Waals surface area contributed by atoms with Crippen molar-refractivity contribution in [2.45, 2.75) is 27.2 Å². The van der Waals surface area contributed by atoms with Gasteiger partial charge in [-0.15, -0.1) is 10.2 Å². The van der Waals surface area contributed by atoms with E-state index in [0.717, 1.165) is 43.5 Å². The second-order valence-corrected chi connectivity index (χ2v) is 7.23. The van der Waals surface area contributed by atoms with Crippen LogP contribution in [0.5, 0.6) is 0 Å². The van der Waals surface area contributed by atoms with E-state index in [1.165, 1.54) is 5.56 Å². The van der Waals surface area contributed by atoms with Crippen molar-refractivity contribution in [1.29, 1.82) is 0 Å². The maximum absolute atomic E-state index is 12.2. The van der Waals surface area contributed by atoms with Crippen molar-refractivity contribution in [3.05, 3.63) is 42.0 Å². The smallest absolute Gasteiger partial charge is 0.222 e. The summed E-state index contributed by atoms with van der Waals surface area (Å²) in [6, 6.07) is 12.1. The third kappa shape index (κ3) is 4.71. The highest BCUT2D eigenvalue weighted by Gasteiger charge is 2.22. The molecule has 0 unspecified atom stereocenters. The van der Waals surface area contributed by atoms with Gasteiger partial charge in [0.25, 0.3) is 0 Å². The fraction of sp³-hybridized carbons (Fsp3) is 0.450. The number of nitrogens with zero attached hydrogens (tertiary/aromatic N) is 4. The van der Waals surface area contributed by atoms with Gasteiger partial charge in [0, 0.05) is 38.3 Å². The minimum atomic E-state index is 0.253. The Morgan fingerprint density at radius 2 is 1.73 bits per heavy atom. The molecular weight excluding hydrogens is 326 g/mol. The van der Waals surface area contributed by atoms with E-state index in [2.05, 4.69) is 53.3 Å². The predicted molar refractivity (Wildman–Crippen MR) is 105 cm³/mol. The Morgan fingerprint density at radius 3 is 2.31 bits per heavy atom. The van der Waals surface area contributed by atoms with Gasteiger partial charge in [0.2, 0.25) is 5.91 Å². The number of hydrogen-bond acceptors (Lipinski definition) is 5. The van der Waals surface area contributed by atoms with Crippen LogP contribution in [-0.4, -0.2) is 47.2 Å². The molecule has 1 amide bonds. The van der Waals surface area contributed by atoms with Gasteiger partial charge in [-0.2, -0.15) is 0 Å². The average molecular weight is 353 g/mol. The number of amides is 1. The lowest BCUT2D eigenvalue weighted by atomic mass is 10.1. The van der Waals surface area contributed by atoms with Crippen LogP contribution >= 0.6 is 0 Å². The number of rotatable bonds is 5. The van der Waals surface area contributed by atoms with Crippen LogP contribution in [0.25, 0.3) is 0 Å². The van der Waals surface area contributed by atoms with Crippen molar-refractivity contribution in [2.75, 3.05) is 36.4 Å². The summed E-state index contributed by atoms with van der Waals surface area (Å²) in [6.45, 7) is 9.31. The van der Waals surface area contributed by atoms with Crippen molar-refractivity contribution in [3.8, 4) is 0 Å². The molecule has 26 heavy (non-hydrogen) atoms. The number of hydrogen-bond donors (Lipinski definition) is 1. The largest absolute Gasteiger partial charge is 0.352 e. The maximum atomic E-state index is 12.2. The summed E-state index contributed by atoms with van der Waals surface area (Å²) in [7, 11) is 0. The molecule has 1 aromatic heterocycles. The number of aromatic nitrogens is 2. The molecule has 0 saturated carbocycles. The summed E-state index contributed by atoms with van der Waals surface area (Å²) in [6.07, 6.45) is 0.624. The molecule has 0 spiro atoms. The van der Waals surface area contributed by atoms with E-state index in [0.29, 0.717) is 12.3 Å². The minimum absolute atomic E-state index is 0.253. The molecule has 138 valence electrons. The lowest BCUT2D eigenvalue weighted by Gasteiger charge is -2.35. The second-order valence-electron chi connectivity index (χ2n) is 7.23. The number of carbonyl (C=O) groups excluding carboxylic acids is 1. The number of piperazine rings is 1. The first kappa shape index (κ1) is 18.2. The zero-order valence-corrected chi connectivity index (χ0v) is 15.8. The van der Waals surface area contributed by atoms with Crippen LogP contribution in [0.1, 0.15) is 25.8 Å². The van der Waals surface area contributed by atoms with Gasteiger partial charge in [-0.25, -0.2) is 0 Å². The standard InChI is InChI=1S/C20H27N5O/c1-15(2)14-20(26)25-12-10-24(11-13-25)19-9-8-18(22-23-19)21-17-6-4-16(3)5-7-17/h4-9,15H,10-14H2,1-3H3,(H,21,22). The Bertz CT molecular complexity index is 719. The summed E-state index contributed by atoms with van der Waals surface area (Å²) < 4.78 is 0. The fourth-order valence-corrected chi connectivity index (χ4v) is 3.01. The highest BCUT2D eigenvalue weighted by Crippen LogP contribution is 2.18. The van der Waals surface area contributed by atoms with Gasteiger partial charge in [0.05, 0.1) is 0 Å². The van der Waals surface area contributed by atoms with Crippen molar-refractivity contribution in [1.82, 2.24) is 15.1 Å². The Labute approximate surface area is 155 Å². The summed E-state index contributed by atoms with van der Waals surface area (Å²) in [4.78, 5) is 16.3. The molecule has 1 aromatic carbocycles. The SMILES string of the molecule is Cc1ccc(Nc2ccc(N3CCN(C(=O)CC(C)C)CC3)nn2)cc1.